The maximum Gasteiger partial charge on any atom is 0.228 e. The molecule has 0 fully saturated rings. The zero-order chi connectivity index (χ0) is 19.2. The predicted octanol–water partition coefficient (Wildman–Crippen LogP) is 4.55. The summed E-state index contributed by atoms with van der Waals surface area (Å²) < 4.78 is 18.8. The molecule has 27 heavy (non-hydrogen) atoms. The van der Waals surface area contributed by atoms with E-state index in [2.05, 4.69) is 4.98 Å². The van der Waals surface area contributed by atoms with Crippen molar-refractivity contribution in [1.82, 2.24) is 9.88 Å². The lowest BCUT2D eigenvalue weighted by molar-refractivity contribution is -0.129. The molecule has 2 aromatic carbocycles. The topological polar surface area (TPSA) is 42.4 Å². The molecule has 6 heteroatoms. The fourth-order valence-electron chi connectivity index (χ4n) is 2.65. The lowest BCUT2D eigenvalue weighted by Crippen LogP contribution is -2.27. The first-order chi connectivity index (χ1) is 13.0. The van der Waals surface area contributed by atoms with Gasteiger partial charge in [0.15, 0.2) is 0 Å². The maximum absolute atomic E-state index is 13.4. The average molecular weight is 384 g/mol. The van der Waals surface area contributed by atoms with Crippen LogP contribution in [-0.2, 0) is 17.8 Å². The number of thiazole rings is 1. The summed E-state index contributed by atoms with van der Waals surface area (Å²) in [4.78, 5) is 18.6. The molecule has 0 N–H and O–H groups in total. The number of hydrogen-bond donors (Lipinski definition) is 0. The van der Waals surface area contributed by atoms with Gasteiger partial charge in [0.25, 0.3) is 0 Å². The van der Waals surface area contributed by atoms with E-state index < -0.39 is 0 Å². The van der Waals surface area contributed by atoms with Crippen molar-refractivity contribution in [3.8, 4) is 16.3 Å². The zero-order valence-corrected chi connectivity index (χ0v) is 16.1. The minimum atomic E-state index is -0.296. The smallest absolute Gasteiger partial charge is 0.228 e. The molecule has 1 aromatic heterocycles. The van der Waals surface area contributed by atoms with Crippen molar-refractivity contribution in [2.75, 3.05) is 13.7 Å². The number of hydrogen-bond acceptors (Lipinski definition) is 4. The van der Waals surface area contributed by atoms with Crippen LogP contribution in [0.25, 0.3) is 10.6 Å². The number of likely N-dealkylation sites (N-methyl/N-ethyl adjacent to an activating group) is 1. The Morgan fingerprint density at radius 2 is 2.00 bits per heavy atom. The minimum absolute atomic E-state index is 0.0139. The van der Waals surface area contributed by atoms with Gasteiger partial charge in [0.05, 0.1) is 18.7 Å². The third-order valence-corrected chi connectivity index (χ3v) is 4.98. The van der Waals surface area contributed by atoms with Crippen LogP contribution in [0.3, 0.4) is 0 Å². The van der Waals surface area contributed by atoms with E-state index in [1.807, 2.05) is 42.6 Å². The van der Waals surface area contributed by atoms with Crippen molar-refractivity contribution < 1.29 is 13.9 Å². The van der Waals surface area contributed by atoms with E-state index in [0.29, 0.717) is 23.9 Å². The molecule has 0 saturated carbocycles. The second-order valence-corrected chi connectivity index (χ2v) is 7.02. The summed E-state index contributed by atoms with van der Waals surface area (Å²) in [5.74, 6) is 0.512. The van der Waals surface area contributed by atoms with Crippen LogP contribution in [0.4, 0.5) is 4.39 Å². The molecular formula is C21H21FN2O2S. The number of rotatable bonds is 7. The SMILES string of the molecule is CCOc1ccc(CN(C)C(=O)Cc2csc(-c3cccc(F)c3)n2)cc1. The Hall–Kier alpha value is -2.73. The van der Waals surface area contributed by atoms with Gasteiger partial charge in [-0.1, -0.05) is 24.3 Å². The Kier molecular flexibility index (Phi) is 6.19. The van der Waals surface area contributed by atoms with Gasteiger partial charge >= 0.3 is 0 Å². The van der Waals surface area contributed by atoms with E-state index in [0.717, 1.165) is 16.9 Å². The Morgan fingerprint density at radius 1 is 1.22 bits per heavy atom. The minimum Gasteiger partial charge on any atom is -0.494 e. The Balaban J connectivity index is 1.59. The Labute approximate surface area is 162 Å². The van der Waals surface area contributed by atoms with Crippen LogP contribution >= 0.6 is 11.3 Å². The average Bonchev–Trinajstić information content (AvgIpc) is 3.12. The van der Waals surface area contributed by atoms with Gasteiger partial charge in [0, 0.05) is 24.5 Å². The van der Waals surface area contributed by atoms with Crippen molar-refractivity contribution in [2.45, 2.75) is 19.9 Å². The van der Waals surface area contributed by atoms with Crippen molar-refractivity contribution in [3.05, 3.63) is 71.0 Å². The molecule has 0 saturated heterocycles. The number of aromatic nitrogens is 1. The van der Waals surface area contributed by atoms with E-state index in [-0.39, 0.29) is 18.1 Å². The maximum atomic E-state index is 13.4. The van der Waals surface area contributed by atoms with Gasteiger partial charge in [-0.15, -0.1) is 11.3 Å². The number of nitrogens with zero attached hydrogens (tertiary/aromatic N) is 2. The van der Waals surface area contributed by atoms with Gasteiger partial charge in [-0.25, -0.2) is 9.37 Å². The molecule has 3 aromatic rings. The number of halogens is 1. The summed E-state index contributed by atoms with van der Waals surface area (Å²) in [5.41, 5.74) is 2.46. The van der Waals surface area contributed by atoms with Crippen molar-refractivity contribution >= 4 is 17.2 Å². The first-order valence-electron chi connectivity index (χ1n) is 8.71. The second-order valence-electron chi connectivity index (χ2n) is 6.16. The molecule has 1 amide bonds. The van der Waals surface area contributed by atoms with E-state index in [1.165, 1.54) is 23.5 Å². The van der Waals surface area contributed by atoms with Gasteiger partial charge in [-0.2, -0.15) is 0 Å². The van der Waals surface area contributed by atoms with E-state index in [9.17, 15) is 9.18 Å². The molecule has 0 bridgehead atoms. The summed E-state index contributed by atoms with van der Waals surface area (Å²) in [5, 5.41) is 2.56. The highest BCUT2D eigenvalue weighted by atomic mass is 32.1. The number of amides is 1. The highest BCUT2D eigenvalue weighted by Crippen LogP contribution is 2.24. The lowest BCUT2D eigenvalue weighted by Gasteiger charge is -2.17. The lowest BCUT2D eigenvalue weighted by atomic mass is 10.2. The summed E-state index contributed by atoms with van der Waals surface area (Å²) in [6.45, 7) is 3.09. The normalized spacial score (nSPS) is 10.6. The van der Waals surface area contributed by atoms with Gasteiger partial charge in [0.2, 0.25) is 5.91 Å². The Morgan fingerprint density at radius 3 is 2.70 bits per heavy atom. The van der Waals surface area contributed by atoms with E-state index in [1.54, 1.807) is 18.0 Å². The van der Waals surface area contributed by atoms with Crippen LogP contribution < -0.4 is 4.74 Å². The summed E-state index contributed by atoms with van der Waals surface area (Å²) >= 11 is 1.41. The monoisotopic (exact) mass is 384 g/mol. The quantitative estimate of drug-likeness (QED) is 0.600. The first kappa shape index (κ1) is 19.0. The largest absolute Gasteiger partial charge is 0.494 e. The van der Waals surface area contributed by atoms with Crippen molar-refractivity contribution in [3.63, 3.8) is 0 Å². The number of carbonyl (C=O) groups excluding carboxylic acids is 1. The molecule has 1 heterocycles. The van der Waals surface area contributed by atoms with Crippen LogP contribution in [0.1, 0.15) is 18.2 Å². The number of ether oxygens (including phenoxy) is 1. The van der Waals surface area contributed by atoms with Gasteiger partial charge < -0.3 is 9.64 Å². The first-order valence-corrected chi connectivity index (χ1v) is 9.59. The zero-order valence-electron chi connectivity index (χ0n) is 15.3. The van der Waals surface area contributed by atoms with Gasteiger partial charge in [-0.3, -0.25) is 4.79 Å². The fraction of sp³-hybridized carbons (Fsp3) is 0.238. The molecule has 0 atom stereocenters. The van der Waals surface area contributed by atoms with Crippen molar-refractivity contribution in [2.24, 2.45) is 0 Å². The van der Waals surface area contributed by atoms with Crippen LogP contribution in [0.2, 0.25) is 0 Å². The molecule has 0 radical (unpaired) electrons. The van der Waals surface area contributed by atoms with Crippen molar-refractivity contribution in [1.29, 1.82) is 0 Å². The molecule has 0 aliphatic heterocycles. The fourth-order valence-corrected chi connectivity index (χ4v) is 3.47. The predicted molar refractivity (Wildman–Crippen MR) is 105 cm³/mol. The molecule has 0 aliphatic rings. The van der Waals surface area contributed by atoms with Gasteiger partial charge in [0.1, 0.15) is 16.6 Å². The molecule has 0 unspecified atom stereocenters. The van der Waals surface area contributed by atoms with Crippen LogP contribution in [0.5, 0.6) is 5.75 Å². The standard InChI is InChI=1S/C21H21FN2O2S/c1-3-26-19-9-7-15(8-10-19)13-24(2)20(25)12-18-14-27-21(23-18)16-5-4-6-17(22)11-16/h4-11,14H,3,12-13H2,1-2H3. The highest BCUT2D eigenvalue weighted by Gasteiger charge is 2.13. The summed E-state index contributed by atoms with van der Waals surface area (Å²) in [6.07, 6.45) is 0.222. The molecule has 0 aliphatic carbocycles. The van der Waals surface area contributed by atoms with Gasteiger partial charge in [-0.05, 0) is 36.8 Å². The highest BCUT2D eigenvalue weighted by molar-refractivity contribution is 7.13. The van der Waals surface area contributed by atoms with Crippen LogP contribution in [-0.4, -0.2) is 29.4 Å². The third kappa shape index (κ3) is 5.14. The van der Waals surface area contributed by atoms with E-state index >= 15 is 0 Å². The molecule has 0 spiro atoms. The number of benzene rings is 2. The number of carbonyl (C=O) groups is 1. The third-order valence-electron chi connectivity index (χ3n) is 4.04. The summed E-state index contributed by atoms with van der Waals surface area (Å²) in [7, 11) is 1.78. The summed E-state index contributed by atoms with van der Waals surface area (Å²) in [6, 6.07) is 14.0. The molecule has 140 valence electrons. The van der Waals surface area contributed by atoms with E-state index in [4.69, 9.17) is 4.74 Å². The molecule has 4 nitrogen and oxygen atoms in total. The van der Waals surface area contributed by atoms with Crippen LogP contribution in [0.15, 0.2) is 53.9 Å². The Bertz CT molecular complexity index is 909. The second kappa shape index (κ2) is 8.77. The molecule has 3 rings (SSSR count). The molecular weight excluding hydrogens is 363 g/mol. The van der Waals surface area contributed by atoms with Crippen LogP contribution in [0, 0.1) is 5.82 Å².